The molecule has 3 aromatic heterocycles. The van der Waals surface area contributed by atoms with Crippen LogP contribution in [0.15, 0.2) is 71.5 Å². The summed E-state index contributed by atoms with van der Waals surface area (Å²) in [5, 5.41) is 4.91. The number of nitrogens with one attached hydrogen (secondary N) is 2. The smallest absolute Gasteiger partial charge is 0.265 e. The monoisotopic (exact) mass is 412 g/mol. The van der Waals surface area contributed by atoms with Crippen LogP contribution in [0.5, 0.6) is 0 Å². The van der Waals surface area contributed by atoms with E-state index in [1.807, 2.05) is 48.5 Å². The lowest BCUT2D eigenvalue weighted by Crippen LogP contribution is -2.11. The van der Waals surface area contributed by atoms with Crippen LogP contribution in [-0.4, -0.2) is 20.9 Å². The Hall–Kier alpha value is -3.84. The predicted molar refractivity (Wildman–Crippen MR) is 120 cm³/mol. The molecule has 0 aliphatic rings. The highest BCUT2D eigenvalue weighted by Crippen LogP contribution is 2.28. The molecule has 0 radical (unpaired) electrons. The fourth-order valence-corrected chi connectivity index (χ4v) is 4.26. The third kappa shape index (κ3) is 3.46. The lowest BCUT2D eigenvalue weighted by atomic mass is 10.1. The Morgan fingerprint density at radius 1 is 0.967 bits per heavy atom. The van der Waals surface area contributed by atoms with Crippen molar-refractivity contribution in [2.45, 2.75) is 6.92 Å². The lowest BCUT2D eigenvalue weighted by Gasteiger charge is -2.06. The Morgan fingerprint density at radius 3 is 2.70 bits per heavy atom. The number of hydrogen-bond acceptors (Lipinski definition) is 5. The topological polar surface area (TPSA) is 87.7 Å². The molecule has 5 rings (SSSR count). The van der Waals surface area contributed by atoms with Crippen molar-refractivity contribution in [3.8, 4) is 11.4 Å². The molecule has 30 heavy (non-hydrogen) atoms. The highest BCUT2D eigenvalue weighted by Gasteiger charge is 2.13. The van der Waals surface area contributed by atoms with E-state index in [1.54, 1.807) is 19.1 Å². The van der Waals surface area contributed by atoms with E-state index in [0.717, 1.165) is 26.7 Å². The van der Waals surface area contributed by atoms with Crippen molar-refractivity contribution < 1.29 is 4.79 Å². The highest BCUT2D eigenvalue weighted by molar-refractivity contribution is 7.20. The van der Waals surface area contributed by atoms with Gasteiger partial charge in [0.1, 0.15) is 10.7 Å². The molecule has 1 amide bonds. The van der Waals surface area contributed by atoms with Crippen molar-refractivity contribution in [1.82, 2.24) is 15.0 Å². The summed E-state index contributed by atoms with van der Waals surface area (Å²) < 4.78 is 0. The number of rotatable bonds is 3. The van der Waals surface area contributed by atoms with Gasteiger partial charge in [0.05, 0.1) is 10.4 Å². The van der Waals surface area contributed by atoms with E-state index >= 15 is 0 Å². The zero-order chi connectivity index (χ0) is 20.7. The molecule has 6 nitrogen and oxygen atoms in total. The molecule has 2 aromatic carbocycles. The standard InChI is InChI=1S/C23H16N4O2S/c1-13-9-20(28)27-21(24-13)15-6-4-7-17(11-15)25-22(29)19-12-16-10-14-5-2-3-8-18(14)26-23(16)30-19/h2-12H,1H3,(H,25,29)(H,24,27,28). The van der Waals surface area contributed by atoms with Crippen LogP contribution in [-0.2, 0) is 0 Å². The second-order valence-corrected chi connectivity index (χ2v) is 7.99. The third-order valence-electron chi connectivity index (χ3n) is 4.70. The number of hydrogen-bond donors (Lipinski definition) is 2. The minimum absolute atomic E-state index is 0.204. The van der Waals surface area contributed by atoms with Crippen LogP contribution in [0.1, 0.15) is 15.4 Å². The van der Waals surface area contributed by atoms with Gasteiger partial charge in [-0.05, 0) is 37.3 Å². The van der Waals surface area contributed by atoms with Crippen LogP contribution in [0.3, 0.4) is 0 Å². The van der Waals surface area contributed by atoms with E-state index < -0.39 is 0 Å². The van der Waals surface area contributed by atoms with Crippen molar-refractivity contribution in [1.29, 1.82) is 0 Å². The molecule has 0 spiro atoms. The maximum absolute atomic E-state index is 12.8. The quantitative estimate of drug-likeness (QED) is 0.447. The van der Waals surface area contributed by atoms with Gasteiger partial charge in [-0.1, -0.05) is 30.3 Å². The largest absolute Gasteiger partial charge is 0.321 e. The van der Waals surface area contributed by atoms with Gasteiger partial charge in [0, 0.05) is 33.8 Å². The van der Waals surface area contributed by atoms with Crippen molar-refractivity contribution in [2.75, 3.05) is 5.32 Å². The van der Waals surface area contributed by atoms with Crippen LogP contribution < -0.4 is 10.9 Å². The van der Waals surface area contributed by atoms with Gasteiger partial charge in [0.15, 0.2) is 0 Å². The molecule has 0 aliphatic carbocycles. The molecule has 5 aromatic rings. The van der Waals surface area contributed by atoms with Crippen LogP contribution in [0.2, 0.25) is 0 Å². The molecular weight excluding hydrogens is 396 g/mol. The highest BCUT2D eigenvalue weighted by atomic mass is 32.1. The maximum atomic E-state index is 12.8. The molecular formula is C23H16N4O2S. The van der Waals surface area contributed by atoms with Crippen LogP contribution in [0.4, 0.5) is 5.69 Å². The zero-order valence-electron chi connectivity index (χ0n) is 16.0. The number of carbonyl (C=O) groups is 1. The number of carbonyl (C=O) groups excluding carboxylic acids is 1. The fraction of sp³-hybridized carbons (Fsp3) is 0.0435. The number of fused-ring (bicyclic) bond motifs is 2. The summed E-state index contributed by atoms with van der Waals surface area (Å²) >= 11 is 1.36. The number of pyridine rings is 1. The van der Waals surface area contributed by atoms with Crippen molar-refractivity contribution in [3.05, 3.63) is 87.7 Å². The Balaban J connectivity index is 1.45. The Bertz CT molecular complexity index is 1430. The van der Waals surface area contributed by atoms with Crippen molar-refractivity contribution in [3.63, 3.8) is 0 Å². The predicted octanol–water partition coefficient (Wildman–Crippen LogP) is 4.76. The van der Waals surface area contributed by atoms with E-state index in [-0.39, 0.29) is 11.5 Å². The average molecular weight is 412 g/mol. The lowest BCUT2D eigenvalue weighted by molar-refractivity contribution is 0.103. The number of nitrogens with zero attached hydrogens (tertiary/aromatic N) is 2. The Labute approximate surface area is 175 Å². The number of amides is 1. The van der Waals surface area contributed by atoms with Gasteiger partial charge in [-0.25, -0.2) is 9.97 Å². The number of aromatic amines is 1. The summed E-state index contributed by atoms with van der Waals surface area (Å²) in [6.07, 6.45) is 0. The van der Waals surface area contributed by atoms with Crippen molar-refractivity contribution >= 4 is 44.1 Å². The molecule has 7 heteroatoms. The summed E-state index contributed by atoms with van der Waals surface area (Å²) in [6, 6.07) is 20.5. The Kier molecular flexibility index (Phi) is 4.37. The van der Waals surface area contributed by atoms with Gasteiger partial charge < -0.3 is 10.3 Å². The number of benzene rings is 2. The first-order chi connectivity index (χ1) is 14.5. The van der Waals surface area contributed by atoms with E-state index in [0.29, 0.717) is 22.1 Å². The zero-order valence-corrected chi connectivity index (χ0v) is 16.8. The number of H-pyrrole nitrogens is 1. The molecule has 0 fully saturated rings. The summed E-state index contributed by atoms with van der Waals surface area (Å²) in [6.45, 7) is 1.77. The normalized spacial score (nSPS) is 11.1. The molecule has 146 valence electrons. The second-order valence-electron chi connectivity index (χ2n) is 6.96. The number of thiophene rings is 1. The molecule has 0 saturated carbocycles. The molecule has 0 bridgehead atoms. The van der Waals surface area contributed by atoms with E-state index in [2.05, 4.69) is 20.3 Å². The number of para-hydroxylation sites is 1. The van der Waals surface area contributed by atoms with Gasteiger partial charge in [-0.3, -0.25) is 9.59 Å². The third-order valence-corrected chi connectivity index (χ3v) is 5.74. The summed E-state index contributed by atoms with van der Waals surface area (Å²) in [5.41, 5.74) is 2.67. The minimum atomic E-state index is -0.211. The van der Waals surface area contributed by atoms with Gasteiger partial charge >= 0.3 is 0 Å². The molecule has 3 heterocycles. The number of aromatic nitrogens is 3. The number of aryl methyl sites for hydroxylation is 1. The van der Waals surface area contributed by atoms with Gasteiger partial charge in [-0.2, -0.15) is 0 Å². The second kappa shape index (κ2) is 7.20. The fourth-order valence-electron chi connectivity index (χ4n) is 3.34. The van der Waals surface area contributed by atoms with Crippen LogP contribution in [0, 0.1) is 6.92 Å². The minimum Gasteiger partial charge on any atom is -0.321 e. The van der Waals surface area contributed by atoms with Gasteiger partial charge in [0.25, 0.3) is 11.5 Å². The maximum Gasteiger partial charge on any atom is 0.265 e. The molecule has 0 saturated heterocycles. The SMILES string of the molecule is Cc1cc(=O)[nH]c(-c2cccc(NC(=O)c3cc4cc5ccccc5nc4s3)c2)n1. The first kappa shape index (κ1) is 18.2. The first-order valence-corrected chi connectivity index (χ1v) is 10.2. The van der Waals surface area contributed by atoms with E-state index in [9.17, 15) is 9.59 Å². The Morgan fingerprint density at radius 2 is 1.83 bits per heavy atom. The van der Waals surface area contributed by atoms with Gasteiger partial charge in [0.2, 0.25) is 0 Å². The van der Waals surface area contributed by atoms with Crippen molar-refractivity contribution in [2.24, 2.45) is 0 Å². The molecule has 0 atom stereocenters. The van der Waals surface area contributed by atoms with Crippen LogP contribution >= 0.6 is 11.3 Å². The summed E-state index contributed by atoms with van der Waals surface area (Å²) in [4.78, 5) is 37.7. The van der Waals surface area contributed by atoms with E-state index in [1.165, 1.54) is 17.4 Å². The first-order valence-electron chi connectivity index (χ1n) is 9.34. The van der Waals surface area contributed by atoms with Gasteiger partial charge in [-0.15, -0.1) is 11.3 Å². The van der Waals surface area contributed by atoms with Crippen LogP contribution in [0.25, 0.3) is 32.5 Å². The molecule has 0 aliphatic heterocycles. The molecule has 2 N–H and O–H groups in total. The summed E-state index contributed by atoms with van der Waals surface area (Å²) in [7, 11) is 0. The van der Waals surface area contributed by atoms with E-state index in [4.69, 9.17) is 0 Å². The summed E-state index contributed by atoms with van der Waals surface area (Å²) in [5.74, 6) is 0.263. The average Bonchev–Trinajstić information content (AvgIpc) is 3.14. The molecule has 0 unspecified atom stereocenters. The number of anilines is 1.